The van der Waals surface area contributed by atoms with Gasteiger partial charge in [0.1, 0.15) is 0 Å². The van der Waals surface area contributed by atoms with Crippen LogP contribution in [0.15, 0.2) is 24.3 Å². The Kier molecular flexibility index (Phi) is 3.85. The molecule has 0 saturated carbocycles. The smallest absolute Gasteiger partial charge is 0.0966 e. The summed E-state index contributed by atoms with van der Waals surface area (Å²) < 4.78 is 5.61. The van der Waals surface area contributed by atoms with Crippen molar-refractivity contribution in [1.82, 2.24) is 5.32 Å². The normalized spacial score (nSPS) is 18.1. The van der Waals surface area contributed by atoms with Crippen LogP contribution in [0.25, 0.3) is 0 Å². The van der Waals surface area contributed by atoms with E-state index in [4.69, 9.17) is 4.74 Å². The summed E-state index contributed by atoms with van der Waals surface area (Å²) in [4.78, 5) is 0. The summed E-state index contributed by atoms with van der Waals surface area (Å²) in [5.41, 5.74) is 2.85. The van der Waals surface area contributed by atoms with Gasteiger partial charge in [-0.2, -0.15) is 0 Å². The van der Waals surface area contributed by atoms with Crippen LogP contribution in [-0.2, 0) is 17.6 Å². The van der Waals surface area contributed by atoms with Crippen molar-refractivity contribution >= 4 is 0 Å². The molecule has 0 spiro atoms. The number of nitrogens with one attached hydrogen (secondary N) is 1. The van der Waals surface area contributed by atoms with Crippen molar-refractivity contribution in [1.29, 1.82) is 0 Å². The van der Waals surface area contributed by atoms with Crippen LogP contribution in [0.5, 0.6) is 0 Å². The van der Waals surface area contributed by atoms with E-state index >= 15 is 0 Å². The molecule has 2 heteroatoms. The Morgan fingerprint density at radius 3 is 2.18 bits per heavy atom. The average molecular weight is 233 g/mol. The summed E-state index contributed by atoms with van der Waals surface area (Å²) in [6.07, 6.45) is 2.18. The zero-order valence-electron chi connectivity index (χ0n) is 11.1. The van der Waals surface area contributed by atoms with Crippen molar-refractivity contribution in [2.45, 2.75) is 32.3 Å². The molecule has 0 atom stereocenters. The lowest BCUT2D eigenvalue weighted by Crippen LogP contribution is -2.61. The van der Waals surface area contributed by atoms with Crippen LogP contribution in [-0.4, -0.2) is 25.8 Å². The summed E-state index contributed by atoms with van der Waals surface area (Å²) >= 11 is 0. The Hall–Kier alpha value is -0.860. The molecule has 1 heterocycles. The second-order valence-electron chi connectivity index (χ2n) is 5.58. The molecule has 1 fully saturated rings. The zero-order valence-corrected chi connectivity index (χ0v) is 11.1. The van der Waals surface area contributed by atoms with Gasteiger partial charge in [0.25, 0.3) is 0 Å². The highest BCUT2D eigenvalue weighted by atomic mass is 16.5. The molecule has 0 radical (unpaired) electrons. The highest BCUT2D eigenvalue weighted by Gasteiger charge is 2.36. The molecule has 2 nitrogen and oxygen atoms in total. The van der Waals surface area contributed by atoms with E-state index in [9.17, 15) is 0 Å². The van der Waals surface area contributed by atoms with E-state index in [1.165, 1.54) is 11.1 Å². The summed E-state index contributed by atoms with van der Waals surface area (Å²) in [6.45, 7) is 6.45. The lowest BCUT2D eigenvalue weighted by Gasteiger charge is -2.41. The van der Waals surface area contributed by atoms with E-state index in [0.29, 0.717) is 0 Å². The Bertz CT molecular complexity index is 346. The van der Waals surface area contributed by atoms with Crippen LogP contribution in [0.2, 0.25) is 0 Å². The molecule has 0 aliphatic carbocycles. The molecule has 0 amide bonds. The summed E-state index contributed by atoms with van der Waals surface area (Å²) in [5.74, 6) is 0.724. The minimum atomic E-state index is 0.0412. The molecule has 1 aromatic carbocycles. The summed E-state index contributed by atoms with van der Waals surface area (Å²) in [7, 11) is 1.81. The van der Waals surface area contributed by atoms with E-state index in [-0.39, 0.29) is 5.60 Å². The van der Waals surface area contributed by atoms with Gasteiger partial charge in [-0.3, -0.25) is 0 Å². The van der Waals surface area contributed by atoms with Crippen molar-refractivity contribution in [3.8, 4) is 0 Å². The van der Waals surface area contributed by atoms with Gasteiger partial charge < -0.3 is 10.1 Å². The minimum Gasteiger partial charge on any atom is -0.375 e. The predicted molar refractivity (Wildman–Crippen MR) is 71.3 cm³/mol. The van der Waals surface area contributed by atoms with E-state index in [2.05, 4.69) is 43.4 Å². The van der Waals surface area contributed by atoms with E-state index in [0.717, 1.165) is 31.8 Å². The van der Waals surface area contributed by atoms with Gasteiger partial charge in [-0.05, 0) is 23.5 Å². The number of benzene rings is 1. The molecular weight excluding hydrogens is 210 g/mol. The number of hydrogen-bond acceptors (Lipinski definition) is 2. The second-order valence-corrected chi connectivity index (χ2v) is 5.58. The largest absolute Gasteiger partial charge is 0.375 e. The van der Waals surface area contributed by atoms with Crippen LogP contribution in [0.3, 0.4) is 0 Å². The molecule has 0 bridgehead atoms. The van der Waals surface area contributed by atoms with Crippen LogP contribution < -0.4 is 5.32 Å². The van der Waals surface area contributed by atoms with Gasteiger partial charge in [0, 0.05) is 26.6 Å². The molecule has 1 aromatic rings. The third kappa shape index (κ3) is 3.08. The van der Waals surface area contributed by atoms with Gasteiger partial charge >= 0.3 is 0 Å². The molecule has 0 unspecified atom stereocenters. The zero-order chi connectivity index (χ0) is 12.3. The molecule has 1 N–H and O–H groups in total. The number of hydrogen-bond donors (Lipinski definition) is 1. The fourth-order valence-corrected chi connectivity index (χ4v) is 2.38. The Balaban J connectivity index is 1.98. The minimum absolute atomic E-state index is 0.0412. The average Bonchev–Trinajstić information content (AvgIpc) is 2.25. The van der Waals surface area contributed by atoms with Gasteiger partial charge in [-0.15, -0.1) is 0 Å². The maximum atomic E-state index is 5.61. The fraction of sp³-hybridized carbons (Fsp3) is 0.600. The van der Waals surface area contributed by atoms with Crippen molar-refractivity contribution in [3.05, 3.63) is 35.4 Å². The van der Waals surface area contributed by atoms with E-state index in [1.807, 2.05) is 7.11 Å². The van der Waals surface area contributed by atoms with Crippen LogP contribution in [0.4, 0.5) is 0 Å². The van der Waals surface area contributed by atoms with Crippen molar-refractivity contribution in [2.24, 2.45) is 5.92 Å². The van der Waals surface area contributed by atoms with Gasteiger partial charge in [0.15, 0.2) is 0 Å². The molecule has 94 valence electrons. The van der Waals surface area contributed by atoms with Gasteiger partial charge in [0.2, 0.25) is 0 Å². The first-order valence-electron chi connectivity index (χ1n) is 6.47. The van der Waals surface area contributed by atoms with E-state index in [1.54, 1.807) is 0 Å². The quantitative estimate of drug-likeness (QED) is 0.843. The fourth-order valence-electron chi connectivity index (χ4n) is 2.38. The predicted octanol–water partition coefficient (Wildman–Crippen LogP) is 2.42. The first-order valence-corrected chi connectivity index (χ1v) is 6.47. The molecule has 1 saturated heterocycles. The standard InChI is InChI=1S/C15H23NO/c1-12(2)8-13-4-6-14(7-5-13)9-15(17-3)10-16-11-15/h4-7,12,16H,8-11H2,1-3H3. The molecule has 0 aromatic heterocycles. The van der Waals surface area contributed by atoms with Gasteiger partial charge in [-0.1, -0.05) is 38.1 Å². The van der Waals surface area contributed by atoms with Crippen molar-refractivity contribution in [3.63, 3.8) is 0 Å². The van der Waals surface area contributed by atoms with Crippen molar-refractivity contribution < 1.29 is 4.74 Å². The number of ether oxygens (including phenoxy) is 1. The monoisotopic (exact) mass is 233 g/mol. The van der Waals surface area contributed by atoms with Crippen LogP contribution >= 0.6 is 0 Å². The molecule has 1 aliphatic rings. The highest BCUT2D eigenvalue weighted by Crippen LogP contribution is 2.22. The molecular formula is C15H23NO. The summed E-state index contributed by atoms with van der Waals surface area (Å²) in [5, 5.41) is 3.29. The van der Waals surface area contributed by atoms with Crippen molar-refractivity contribution in [2.75, 3.05) is 20.2 Å². The summed E-state index contributed by atoms with van der Waals surface area (Å²) in [6, 6.07) is 9.00. The number of rotatable bonds is 5. The topological polar surface area (TPSA) is 21.3 Å². The second kappa shape index (κ2) is 5.19. The van der Waals surface area contributed by atoms with Gasteiger partial charge in [-0.25, -0.2) is 0 Å². The first kappa shape index (κ1) is 12.6. The van der Waals surface area contributed by atoms with Crippen LogP contribution in [0.1, 0.15) is 25.0 Å². The maximum Gasteiger partial charge on any atom is 0.0966 e. The lowest BCUT2D eigenvalue weighted by molar-refractivity contribution is -0.0502. The Morgan fingerprint density at radius 2 is 1.76 bits per heavy atom. The SMILES string of the molecule is COC1(Cc2ccc(CC(C)C)cc2)CNC1. The van der Waals surface area contributed by atoms with E-state index < -0.39 is 0 Å². The maximum absolute atomic E-state index is 5.61. The Labute approximate surface area is 104 Å². The molecule has 17 heavy (non-hydrogen) atoms. The van der Waals surface area contributed by atoms with Crippen LogP contribution in [0, 0.1) is 5.92 Å². The molecule has 2 rings (SSSR count). The third-order valence-electron chi connectivity index (χ3n) is 3.52. The highest BCUT2D eigenvalue weighted by molar-refractivity contribution is 5.25. The first-order chi connectivity index (χ1) is 8.13. The van der Waals surface area contributed by atoms with Gasteiger partial charge in [0.05, 0.1) is 5.60 Å². The Morgan fingerprint density at radius 1 is 1.18 bits per heavy atom. The molecule has 1 aliphatic heterocycles. The third-order valence-corrected chi connectivity index (χ3v) is 3.52. The lowest BCUT2D eigenvalue weighted by atomic mass is 9.88. The number of methoxy groups -OCH3 is 1.